The van der Waals surface area contributed by atoms with E-state index in [1.807, 2.05) is 31.2 Å². The number of carbonyl (C=O) groups is 1. The first-order chi connectivity index (χ1) is 15.7. The molecular formula is C24H24IN3O4S. The van der Waals surface area contributed by atoms with E-state index in [1.165, 1.54) is 19.2 Å². The molecule has 1 amide bonds. The summed E-state index contributed by atoms with van der Waals surface area (Å²) in [5, 5.41) is 4.15. The van der Waals surface area contributed by atoms with Crippen molar-refractivity contribution in [2.75, 3.05) is 18.0 Å². The molecule has 3 rings (SSSR count). The van der Waals surface area contributed by atoms with Crippen LogP contribution in [-0.2, 0) is 14.8 Å². The lowest BCUT2D eigenvalue weighted by Gasteiger charge is -2.25. The van der Waals surface area contributed by atoms with Crippen LogP contribution in [0.2, 0.25) is 0 Å². The van der Waals surface area contributed by atoms with E-state index in [4.69, 9.17) is 4.74 Å². The first-order valence-corrected chi connectivity index (χ1v) is 12.6. The van der Waals surface area contributed by atoms with Crippen LogP contribution in [0.1, 0.15) is 18.1 Å². The van der Waals surface area contributed by atoms with Crippen LogP contribution < -0.4 is 14.5 Å². The molecule has 0 saturated heterocycles. The van der Waals surface area contributed by atoms with E-state index in [0.29, 0.717) is 11.5 Å². The molecule has 0 saturated carbocycles. The maximum atomic E-state index is 13.5. The number of anilines is 1. The molecule has 0 radical (unpaired) electrons. The van der Waals surface area contributed by atoms with Gasteiger partial charge in [-0.15, -0.1) is 0 Å². The van der Waals surface area contributed by atoms with Crippen LogP contribution in [0.5, 0.6) is 5.75 Å². The molecule has 7 nitrogen and oxygen atoms in total. The largest absolute Gasteiger partial charge is 0.495 e. The maximum absolute atomic E-state index is 13.5. The number of ether oxygens (including phenoxy) is 1. The number of nitrogens with zero attached hydrogens (tertiary/aromatic N) is 2. The van der Waals surface area contributed by atoms with Gasteiger partial charge < -0.3 is 4.74 Å². The average molecular weight is 577 g/mol. The number of hydrogen-bond donors (Lipinski definition) is 1. The molecule has 0 bridgehead atoms. The van der Waals surface area contributed by atoms with Gasteiger partial charge in [0.25, 0.3) is 15.9 Å². The van der Waals surface area contributed by atoms with Crippen LogP contribution >= 0.6 is 22.6 Å². The number of amides is 1. The van der Waals surface area contributed by atoms with Gasteiger partial charge in [0.1, 0.15) is 12.3 Å². The zero-order valence-electron chi connectivity index (χ0n) is 18.4. The highest BCUT2D eigenvalue weighted by molar-refractivity contribution is 14.1. The highest BCUT2D eigenvalue weighted by Crippen LogP contribution is 2.32. The van der Waals surface area contributed by atoms with Crippen molar-refractivity contribution in [1.82, 2.24) is 5.43 Å². The molecule has 3 aromatic carbocycles. The normalized spacial score (nSPS) is 11.7. The second-order valence-corrected chi connectivity index (χ2v) is 10.3. The quantitative estimate of drug-likeness (QED) is 0.245. The van der Waals surface area contributed by atoms with Crippen LogP contribution in [0.3, 0.4) is 0 Å². The molecule has 172 valence electrons. The van der Waals surface area contributed by atoms with E-state index in [2.05, 4.69) is 33.1 Å². The number of methoxy groups -OCH3 is 1. The number of carbonyl (C=O) groups excluding carboxylic acids is 1. The summed E-state index contributed by atoms with van der Waals surface area (Å²) in [7, 11) is -2.60. The smallest absolute Gasteiger partial charge is 0.264 e. The van der Waals surface area contributed by atoms with Gasteiger partial charge in [0.2, 0.25) is 0 Å². The fourth-order valence-electron chi connectivity index (χ4n) is 3.06. The predicted octanol–water partition coefficient (Wildman–Crippen LogP) is 4.34. The number of rotatable bonds is 8. The van der Waals surface area contributed by atoms with E-state index in [1.54, 1.807) is 43.3 Å². The van der Waals surface area contributed by atoms with Crippen molar-refractivity contribution in [3.05, 3.63) is 87.5 Å². The molecule has 0 atom stereocenters. The Balaban J connectivity index is 1.92. The molecule has 9 heteroatoms. The molecule has 0 heterocycles. The molecule has 0 aliphatic heterocycles. The van der Waals surface area contributed by atoms with E-state index >= 15 is 0 Å². The van der Waals surface area contributed by atoms with Crippen molar-refractivity contribution in [2.45, 2.75) is 18.7 Å². The lowest BCUT2D eigenvalue weighted by Crippen LogP contribution is -2.40. The zero-order valence-corrected chi connectivity index (χ0v) is 21.4. The SMILES string of the molecule is COc1ccccc1N(CC(=O)N/N=C(/C)c1cccc(I)c1)S(=O)(=O)c1ccc(C)cc1. The molecule has 0 unspecified atom stereocenters. The minimum Gasteiger partial charge on any atom is -0.495 e. The fraction of sp³-hybridized carbons (Fsp3) is 0.167. The third-order valence-corrected chi connectivity index (χ3v) is 7.29. The lowest BCUT2D eigenvalue weighted by atomic mass is 10.1. The summed E-state index contributed by atoms with van der Waals surface area (Å²) in [6.07, 6.45) is 0. The van der Waals surface area contributed by atoms with Gasteiger partial charge in [0, 0.05) is 3.57 Å². The molecule has 0 aromatic heterocycles. The number of halogens is 1. The Hall–Kier alpha value is -2.92. The monoisotopic (exact) mass is 577 g/mol. The van der Waals surface area contributed by atoms with Crippen molar-refractivity contribution < 1.29 is 17.9 Å². The van der Waals surface area contributed by atoms with Gasteiger partial charge in [-0.1, -0.05) is 42.0 Å². The number of para-hydroxylation sites is 2. The summed E-state index contributed by atoms with van der Waals surface area (Å²) >= 11 is 2.20. The predicted molar refractivity (Wildman–Crippen MR) is 138 cm³/mol. The van der Waals surface area contributed by atoms with Gasteiger partial charge in [0.05, 0.1) is 23.4 Å². The van der Waals surface area contributed by atoms with Gasteiger partial charge in [-0.25, -0.2) is 13.8 Å². The Labute approximate surface area is 207 Å². The van der Waals surface area contributed by atoms with E-state index in [0.717, 1.165) is 19.0 Å². The molecular weight excluding hydrogens is 553 g/mol. The minimum atomic E-state index is -4.05. The molecule has 0 fully saturated rings. The summed E-state index contributed by atoms with van der Waals surface area (Å²) in [6.45, 7) is 3.17. The van der Waals surface area contributed by atoms with Crippen LogP contribution in [0.15, 0.2) is 82.8 Å². The number of hydrazone groups is 1. The molecule has 0 aliphatic rings. The third-order valence-electron chi connectivity index (χ3n) is 4.84. The number of sulfonamides is 1. The zero-order chi connectivity index (χ0) is 24.0. The van der Waals surface area contributed by atoms with Crippen molar-refractivity contribution in [2.24, 2.45) is 5.10 Å². The summed E-state index contributed by atoms with van der Waals surface area (Å²) in [4.78, 5) is 12.9. The summed E-state index contributed by atoms with van der Waals surface area (Å²) in [6, 6.07) is 20.8. The third kappa shape index (κ3) is 6.11. The van der Waals surface area contributed by atoms with Crippen molar-refractivity contribution in [3.63, 3.8) is 0 Å². The summed E-state index contributed by atoms with van der Waals surface area (Å²) in [5.41, 5.74) is 5.12. The number of nitrogens with one attached hydrogen (secondary N) is 1. The maximum Gasteiger partial charge on any atom is 0.264 e. The number of aryl methyl sites for hydroxylation is 1. The van der Waals surface area contributed by atoms with Gasteiger partial charge in [-0.3, -0.25) is 9.10 Å². The molecule has 0 spiro atoms. The second kappa shape index (κ2) is 10.8. The Morgan fingerprint density at radius 1 is 1.06 bits per heavy atom. The molecule has 3 aromatic rings. The first-order valence-electron chi connectivity index (χ1n) is 10.0. The topological polar surface area (TPSA) is 88.1 Å². The summed E-state index contributed by atoms with van der Waals surface area (Å²) in [5.74, 6) is -0.249. The highest BCUT2D eigenvalue weighted by Gasteiger charge is 2.29. The molecule has 0 aliphatic carbocycles. The minimum absolute atomic E-state index is 0.0744. The Kier molecular flexibility index (Phi) is 8.09. The Morgan fingerprint density at radius 3 is 2.42 bits per heavy atom. The van der Waals surface area contributed by atoms with Gasteiger partial charge >= 0.3 is 0 Å². The number of hydrogen-bond acceptors (Lipinski definition) is 5. The van der Waals surface area contributed by atoms with E-state index < -0.39 is 22.5 Å². The highest BCUT2D eigenvalue weighted by atomic mass is 127. The van der Waals surface area contributed by atoms with Crippen molar-refractivity contribution in [3.8, 4) is 5.75 Å². The Bertz CT molecular complexity index is 1270. The molecule has 33 heavy (non-hydrogen) atoms. The van der Waals surface area contributed by atoms with Crippen LogP contribution in [0.25, 0.3) is 0 Å². The summed E-state index contributed by atoms with van der Waals surface area (Å²) < 4.78 is 34.4. The van der Waals surface area contributed by atoms with Gasteiger partial charge in [-0.05, 0) is 78.4 Å². The van der Waals surface area contributed by atoms with E-state index in [9.17, 15) is 13.2 Å². The second-order valence-electron chi connectivity index (χ2n) is 7.24. The van der Waals surface area contributed by atoms with Crippen molar-refractivity contribution >= 4 is 49.9 Å². The average Bonchev–Trinajstić information content (AvgIpc) is 2.81. The van der Waals surface area contributed by atoms with Crippen LogP contribution in [0.4, 0.5) is 5.69 Å². The van der Waals surface area contributed by atoms with Crippen molar-refractivity contribution in [1.29, 1.82) is 0 Å². The lowest BCUT2D eigenvalue weighted by molar-refractivity contribution is -0.119. The van der Waals surface area contributed by atoms with Crippen LogP contribution in [-0.4, -0.2) is 33.7 Å². The fourth-order valence-corrected chi connectivity index (χ4v) is 5.04. The van der Waals surface area contributed by atoms with Crippen LogP contribution in [0, 0.1) is 10.5 Å². The standard InChI is InChI=1S/C24H24IN3O4S/c1-17-11-13-21(14-12-17)33(30,31)28(22-9-4-5-10-23(22)32-3)16-24(29)27-26-18(2)19-7-6-8-20(25)15-19/h4-15H,16H2,1-3H3,(H,27,29)/b26-18-. The first kappa shape index (κ1) is 24.7. The number of benzene rings is 3. The van der Waals surface area contributed by atoms with Gasteiger partial charge in [-0.2, -0.15) is 5.10 Å². The molecule has 1 N–H and O–H groups in total. The Morgan fingerprint density at radius 2 is 1.76 bits per heavy atom. The van der Waals surface area contributed by atoms with E-state index in [-0.39, 0.29) is 10.6 Å². The van der Waals surface area contributed by atoms with Gasteiger partial charge in [0.15, 0.2) is 0 Å².